The van der Waals surface area contributed by atoms with Crippen LogP contribution in [-0.4, -0.2) is 35.3 Å². The highest BCUT2D eigenvalue weighted by Crippen LogP contribution is 2.60. The molecule has 2 bridgehead atoms. The number of carbonyl (C=O) groups excluding carboxylic acids is 2. The SMILES string of the molecule is COc1cc(/C=N\N2C(=O)[C@H]3C4c5ccccc5C(c5ccccc54)[C@@H]3C2=O)ccc1O. The summed E-state index contributed by atoms with van der Waals surface area (Å²) in [5, 5.41) is 15.1. The zero-order valence-corrected chi connectivity index (χ0v) is 17.3. The number of benzene rings is 3. The number of rotatable bonds is 3. The van der Waals surface area contributed by atoms with Gasteiger partial charge in [-0.05, 0) is 46.0 Å². The van der Waals surface area contributed by atoms with Crippen molar-refractivity contribution in [1.29, 1.82) is 0 Å². The molecule has 3 aromatic carbocycles. The Morgan fingerprint density at radius 3 is 1.81 bits per heavy atom. The summed E-state index contributed by atoms with van der Waals surface area (Å²) >= 11 is 0. The minimum absolute atomic E-state index is 0.0103. The van der Waals surface area contributed by atoms with Gasteiger partial charge in [0.15, 0.2) is 11.5 Å². The van der Waals surface area contributed by atoms with E-state index in [0.29, 0.717) is 11.3 Å². The lowest BCUT2D eigenvalue weighted by Crippen LogP contribution is -2.41. The molecule has 6 nitrogen and oxygen atoms in total. The highest BCUT2D eigenvalue weighted by atomic mass is 16.5. The van der Waals surface area contributed by atoms with Crippen LogP contribution in [0.15, 0.2) is 71.8 Å². The van der Waals surface area contributed by atoms with E-state index in [-0.39, 0.29) is 29.4 Å². The molecule has 0 unspecified atom stereocenters. The lowest BCUT2D eigenvalue weighted by molar-refractivity contribution is -0.139. The molecule has 2 amide bonds. The maximum Gasteiger partial charge on any atom is 0.254 e. The number of imide groups is 1. The van der Waals surface area contributed by atoms with Gasteiger partial charge in [-0.1, -0.05) is 48.5 Å². The van der Waals surface area contributed by atoms with Crippen LogP contribution in [0.5, 0.6) is 11.5 Å². The van der Waals surface area contributed by atoms with E-state index in [1.165, 1.54) is 19.4 Å². The van der Waals surface area contributed by atoms with Crippen molar-refractivity contribution < 1.29 is 19.4 Å². The second-order valence-electron chi connectivity index (χ2n) is 8.43. The summed E-state index contributed by atoms with van der Waals surface area (Å²) in [5.41, 5.74) is 5.14. The van der Waals surface area contributed by atoms with Crippen molar-refractivity contribution in [3.63, 3.8) is 0 Å². The van der Waals surface area contributed by atoms with Gasteiger partial charge < -0.3 is 9.84 Å². The van der Waals surface area contributed by atoms with Crippen molar-refractivity contribution in [3.05, 3.63) is 94.5 Å². The molecule has 7 rings (SSSR count). The molecule has 1 fully saturated rings. The number of hydrogen-bond acceptors (Lipinski definition) is 5. The number of hydrogen-bond donors (Lipinski definition) is 1. The molecule has 1 aliphatic heterocycles. The summed E-state index contributed by atoms with van der Waals surface area (Å²) in [6.45, 7) is 0. The third kappa shape index (κ3) is 2.43. The number of methoxy groups -OCH3 is 1. The zero-order valence-electron chi connectivity index (χ0n) is 17.3. The molecule has 1 N–H and O–H groups in total. The molecule has 4 aliphatic rings. The number of phenols is 1. The standard InChI is InChI=1S/C26H20N2O4/c1-32-20-12-14(10-11-19(20)29)13-27-28-25(30)23-21-15-6-2-3-7-16(15)22(24(23)26(28)31)18-9-5-4-8-17(18)21/h2-13,21-24,29H,1H3/b27-13-/t21?,22?,23-,24-/m0/s1. The van der Waals surface area contributed by atoms with Gasteiger partial charge in [0, 0.05) is 11.8 Å². The van der Waals surface area contributed by atoms with Crippen LogP contribution in [0.2, 0.25) is 0 Å². The number of carbonyl (C=O) groups is 2. The minimum Gasteiger partial charge on any atom is -0.504 e. The first kappa shape index (κ1) is 18.8. The first-order chi connectivity index (χ1) is 15.6. The van der Waals surface area contributed by atoms with Gasteiger partial charge in [-0.3, -0.25) is 9.59 Å². The van der Waals surface area contributed by atoms with Gasteiger partial charge in [-0.25, -0.2) is 0 Å². The fourth-order valence-electron chi connectivity index (χ4n) is 5.67. The Bertz CT molecular complexity index is 1200. The summed E-state index contributed by atoms with van der Waals surface area (Å²) in [7, 11) is 1.46. The van der Waals surface area contributed by atoms with Crippen molar-refractivity contribution in [2.24, 2.45) is 16.9 Å². The summed E-state index contributed by atoms with van der Waals surface area (Å²) in [6, 6.07) is 21.0. The smallest absolute Gasteiger partial charge is 0.254 e. The first-order valence-corrected chi connectivity index (χ1v) is 10.6. The fourth-order valence-corrected chi connectivity index (χ4v) is 5.67. The maximum atomic E-state index is 13.5. The van der Waals surface area contributed by atoms with Crippen molar-refractivity contribution in [1.82, 2.24) is 5.01 Å². The Morgan fingerprint density at radius 1 is 0.844 bits per heavy atom. The predicted octanol–water partition coefficient (Wildman–Crippen LogP) is 3.63. The van der Waals surface area contributed by atoms with Crippen molar-refractivity contribution in [2.75, 3.05) is 7.11 Å². The molecule has 0 aromatic heterocycles. The average molecular weight is 424 g/mol. The maximum absolute atomic E-state index is 13.5. The van der Waals surface area contributed by atoms with Gasteiger partial charge in [-0.2, -0.15) is 10.1 Å². The van der Waals surface area contributed by atoms with Crippen molar-refractivity contribution >= 4 is 18.0 Å². The molecule has 0 radical (unpaired) electrons. The van der Waals surface area contributed by atoms with E-state index in [1.54, 1.807) is 12.1 Å². The second-order valence-corrected chi connectivity index (χ2v) is 8.43. The van der Waals surface area contributed by atoms with Gasteiger partial charge in [0.05, 0.1) is 25.2 Å². The number of ether oxygens (including phenoxy) is 1. The number of nitrogens with zero attached hydrogens (tertiary/aromatic N) is 2. The lowest BCUT2D eigenvalue weighted by atomic mass is 9.55. The monoisotopic (exact) mass is 424 g/mol. The fraction of sp³-hybridized carbons (Fsp3) is 0.192. The third-order valence-corrected chi connectivity index (χ3v) is 6.95. The molecule has 6 heteroatoms. The van der Waals surface area contributed by atoms with E-state index in [9.17, 15) is 14.7 Å². The van der Waals surface area contributed by atoms with Crippen LogP contribution in [0.1, 0.15) is 39.7 Å². The zero-order chi connectivity index (χ0) is 22.0. The first-order valence-electron chi connectivity index (χ1n) is 10.6. The number of amides is 2. The Kier molecular flexibility index (Phi) is 3.99. The molecule has 158 valence electrons. The summed E-state index contributed by atoms with van der Waals surface area (Å²) in [4.78, 5) is 27.0. The summed E-state index contributed by atoms with van der Waals surface area (Å²) < 4.78 is 5.13. The number of phenolic OH excluding ortho intramolecular Hbond substituents is 1. The van der Waals surface area contributed by atoms with Crippen LogP contribution in [0.4, 0.5) is 0 Å². The van der Waals surface area contributed by atoms with E-state index in [0.717, 1.165) is 27.3 Å². The normalized spacial score (nSPS) is 25.1. The molecule has 2 atom stereocenters. The number of aromatic hydroxyl groups is 1. The Morgan fingerprint density at radius 2 is 1.34 bits per heavy atom. The molecule has 0 spiro atoms. The minimum atomic E-state index is -0.455. The van der Waals surface area contributed by atoms with Gasteiger partial charge in [0.2, 0.25) is 0 Å². The molecule has 1 saturated heterocycles. The van der Waals surface area contributed by atoms with Crippen LogP contribution in [0.3, 0.4) is 0 Å². The quantitative estimate of drug-likeness (QED) is 0.514. The van der Waals surface area contributed by atoms with Gasteiger partial charge >= 0.3 is 0 Å². The third-order valence-electron chi connectivity index (χ3n) is 6.95. The molecular weight excluding hydrogens is 404 g/mol. The van der Waals surface area contributed by atoms with Crippen molar-refractivity contribution in [2.45, 2.75) is 11.8 Å². The van der Waals surface area contributed by atoms with Crippen LogP contribution in [0.25, 0.3) is 0 Å². The van der Waals surface area contributed by atoms with E-state index in [2.05, 4.69) is 29.4 Å². The molecule has 32 heavy (non-hydrogen) atoms. The van der Waals surface area contributed by atoms with E-state index >= 15 is 0 Å². The lowest BCUT2D eigenvalue weighted by Gasteiger charge is -2.45. The summed E-state index contributed by atoms with van der Waals surface area (Å²) in [5.74, 6) is -1.43. The van der Waals surface area contributed by atoms with E-state index < -0.39 is 11.8 Å². The number of hydrazone groups is 1. The second kappa shape index (κ2) is 6.79. The van der Waals surface area contributed by atoms with E-state index in [4.69, 9.17) is 4.74 Å². The largest absolute Gasteiger partial charge is 0.504 e. The highest BCUT2D eigenvalue weighted by Gasteiger charge is 2.61. The van der Waals surface area contributed by atoms with Crippen LogP contribution >= 0.6 is 0 Å². The molecule has 1 heterocycles. The average Bonchev–Trinajstić information content (AvgIpc) is 3.08. The van der Waals surface area contributed by atoms with Crippen LogP contribution < -0.4 is 4.74 Å². The van der Waals surface area contributed by atoms with Crippen LogP contribution in [0, 0.1) is 11.8 Å². The topological polar surface area (TPSA) is 79.2 Å². The van der Waals surface area contributed by atoms with Gasteiger partial charge in [-0.15, -0.1) is 0 Å². The van der Waals surface area contributed by atoms with Crippen molar-refractivity contribution in [3.8, 4) is 11.5 Å². The molecular formula is C26H20N2O4. The Balaban J connectivity index is 1.42. The summed E-state index contributed by atoms with van der Waals surface area (Å²) in [6.07, 6.45) is 1.46. The molecule has 3 aliphatic carbocycles. The Labute approximate surface area is 184 Å². The van der Waals surface area contributed by atoms with Gasteiger partial charge in [0.25, 0.3) is 11.8 Å². The Hall–Kier alpha value is -3.93. The predicted molar refractivity (Wildman–Crippen MR) is 118 cm³/mol. The highest BCUT2D eigenvalue weighted by molar-refractivity contribution is 6.08. The van der Waals surface area contributed by atoms with Gasteiger partial charge in [0.1, 0.15) is 0 Å². The molecule has 0 saturated carbocycles. The molecule has 3 aromatic rings. The van der Waals surface area contributed by atoms with E-state index in [1.807, 2.05) is 24.3 Å². The van der Waals surface area contributed by atoms with Crippen LogP contribution in [-0.2, 0) is 9.59 Å².